The number of nitrogen functional groups attached to an aromatic ring is 1. The highest BCUT2D eigenvalue weighted by atomic mass is 35.5. The molecule has 2 aromatic carbocycles. The number of nitrogens with zero attached hydrogens (tertiary/aromatic N) is 4. The molecule has 0 radical (unpaired) electrons. The average Bonchev–Trinajstić information content (AvgIpc) is 3.03. The van der Waals surface area contributed by atoms with Gasteiger partial charge in [0.25, 0.3) is 0 Å². The molecule has 0 fully saturated rings. The summed E-state index contributed by atoms with van der Waals surface area (Å²) in [7, 11) is 0. The third-order valence-electron chi connectivity index (χ3n) is 4.49. The zero-order valence-electron chi connectivity index (χ0n) is 14.3. The number of nitrogens with two attached hydrogens (primary N) is 1. The van der Waals surface area contributed by atoms with Gasteiger partial charge in [-0.05, 0) is 17.7 Å². The third-order valence-corrected chi connectivity index (χ3v) is 4.74. The minimum atomic E-state index is 0.286. The Balaban J connectivity index is 1.81. The van der Waals surface area contributed by atoms with Crippen LogP contribution in [0.1, 0.15) is 18.4 Å². The van der Waals surface area contributed by atoms with E-state index in [1.807, 2.05) is 47.1 Å². The Morgan fingerprint density at radius 1 is 1.04 bits per heavy atom. The maximum atomic E-state index is 6.15. The van der Waals surface area contributed by atoms with Crippen molar-refractivity contribution in [2.75, 3.05) is 5.73 Å². The van der Waals surface area contributed by atoms with E-state index in [9.17, 15) is 0 Å². The minimum Gasteiger partial charge on any atom is -0.383 e. The molecule has 0 amide bonds. The molecule has 0 aliphatic rings. The number of fused-ring (bicyclic) bond motifs is 1. The van der Waals surface area contributed by atoms with Crippen LogP contribution in [0.3, 0.4) is 0 Å². The summed E-state index contributed by atoms with van der Waals surface area (Å²) in [5, 5.41) is 6.26. The average molecular weight is 364 g/mol. The Hall–Kier alpha value is -2.92. The molecule has 6 heteroatoms. The SMILES string of the molecule is CC(Cn1nc(-c2ccc(Cl)cc2)c2c(N)ncnc21)c1ccccc1. The first-order chi connectivity index (χ1) is 12.6. The number of hydrogen-bond donors (Lipinski definition) is 1. The second kappa shape index (κ2) is 6.77. The van der Waals surface area contributed by atoms with Gasteiger partial charge >= 0.3 is 0 Å². The Bertz CT molecular complexity index is 1040. The van der Waals surface area contributed by atoms with Gasteiger partial charge in [0.1, 0.15) is 17.8 Å². The van der Waals surface area contributed by atoms with Gasteiger partial charge in [0.15, 0.2) is 5.65 Å². The highest BCUT2D eigenvalue weighted by molar-refractivity contribution is 6.30. The van der Waals surface area contributed by atoms with E-state index in [4.69, 9.17) is 22.4 Å². The fraction of sp³-hybridized carbons (Fsp3) is 0.150. The lowest BCUT2D eigenvalue weighted by Gasteiger charge is -2.12. The van der Waals surface area contributed by atoms with Crippen LogP contribution in [0, 0.1) is 0 Å². The standard InChI is InChI=1S/C20H18ClN5/c1-13(14-5-3-2-4-6-14)11-26-20-17(19(22)23-12-24-20)18(25-26)15-7-9-16(21)10-8-15/h2-10,12-13H,11H2,1H3,(H2,22,23,24). The smallest absolute Gasteiger partial charge is 0.163 e. The molecule has 5 nitrogen and oxygen atoms in total. The van der Waals surface area contributed by atoms with Crippen molar-refractivity contribution in [3.63, 3.8) is 0 Å². The Morgan fingerprint density at radius 3 is 2.50 bits per heavy atom. The molecular weight excluding hydrogens is 346 g/mol. The van der Waals surface area contributed by atoms with Crippen molar-refractivity contribution >= 4 is 28.5 Å². The fourth-order valence-corrected chi connectivity index (χ4v) is 3.24. The largest absolute Gasteiger partial charge is 0.383 e. The van der Waals surface area contributed by atoms with Crippen LogP contribution in [0.25, 0.3) is 22.3 Å². The lowest BCUT2D eigenvalue weighted by molar-refractivity contribution is 0.556. The van der Waals surface area contributed by atoms with E-state index in [1.165, 1.54) is 11.9 Å². The molecule has 0 spiro atoms. The Labute approximate surface area is 156 Å². The third kappa shape index (κ3) is 3.02. The van der Waals surface area contributed by atoms with Crippen LogP contribution in [-0.4, -0.2) is 19.7 Å². The van der Waals surface area contributed by atoms with E-state index < -0.39 is 0 Å². The number of aromatic nitrogens is 4. The highest BCUT2D eigenvalue weighted by Gasteiger charge is 2.18. The second-order valence-corrected chi connectivity index (χ2v) is 6.74. The van der Waals surface area contributed by atoms with Crippen molar-refractivity contribution in [2.45, 2.75) is 19.4 Å². The fourth-order valence-electron chi connectivity index (χ4n) is 3.11. The van der Waals surface area contributed by atoms with Gasteiger partial charge in [-0.15, -0.1) is 0 Å². The number of hydrogen-bond acceptors (Lipinski definition) is 4. The van der Waals surface area contributed by atoms with Crippen molar-refractivity contribution in [3.05, 3.63) is 71.5 Å². The predicted octanol–water partition coefficient (Wildman–Crippen LogP) is 4.53. The first kappa shape index (κ1) is 16.5. The minimum absolute atomic E-state index is 0.286. The molecule has 0 bridgehead atoms. The molecule has 2 aromatic heterocycles. The molecular formula is C20H18ClN5. The number of anilines is 1. The van der Waals surface area contributed by atoms with E-state index in [1.54, 1.807) is 0 Å². The van der Waals surface area contributed by atoms with E-state index >= 15 is 0 Å². The summed E-state index contributed by atoms with van der Waals surface area (Å²) in [5.74, 6) is 0.715. The lowest BCUT2D eigenvalue weighted by atomic mass is 10.0. The van der Waals surface area contributed by atoms with Crippen LogP contribution in [-0.2, 0) is 6.54 Å². The molecule has 0 aliphatic carbocycles. The molecule has 2 heterocycles. The molecule has 0 saturated carbocycles. The summed E-state index contributed by atoms with van der Waals surface area (Å²) in [6.45, 7) is 2.87. The van der Waals surface area contributed by atoms with Gasteiger partial charge in [-0.3, -0.25) is 0 Å². The van der Waals surface area contributed by atoms with Gasteiger partial charge < -0.3 is 5.73 Å². The topological polar surface area (TPSA) is 69.6 Å². The summed E-state index contributed by atoms with van der Waals surface area (Å²) in [6, 6.07) is 17.9. The summed E-state index contributed by atoms with van der Waals surface area (Å²) >= 11 is 6.02. The second-order valence-electron chi connectivity index (χ2n) is 6.31. The summed E-state index contributed by atoms with van der Waals surface area (Å²) in [6.07, 6.45) is 1.48. The first-order valence-corrected chi connectivity index (χ1v) is 8.79. The van der Waals surface area contributed by atoms with E-state index in [-0.39, 0.29) is 5.92 Å². The predicted molar refractivity (Wildman–Crippen MR) is 105 cm³/mol. The van der Waals surface area contributed by atoms with Gasteiger partial charge in [-0.2, -0.15) is 5.10 Å². The van der Waals surface area contributed by atoms with Crippen LogP contribution in [0.15, 0.2) is 60.9 Å². The number of halogens is 1. The van der Waals surface area contributed by atoms with Crippen LogP contribution < -0.4 is 5.73 Å². The molecule has 26 heavy (non-hydrogen) atoms. The van der Waals surface area contributed by atoms with Crippen LogP contribution in [0.2, 0.25) is 5.02 Å². The van der Waals surface area contributed by atoms with Gasteiger partial charge in [-0.1, -0.05) is 61.0 Å². The lowest BCUT2D eigenvalue weighted by Crippen LogP contribution is -2.08. The van der Waals surface area contributed by atoms with Gasteiger partial charge in [-0.25, -0.2) is 14.6 Å². The van der Waals surface area contributed by atoms with Crippen molar-refractivity contribution in [3.8, 4) is 11.3 Å². The van der Waals surface area contributed by atoms with Crippen LogP contribution in [0.4, 0.5) is 5.82 Å². The van der Waals surface area contributed by atoms with Crippen molar-refractivity contribution in [2.24, 2.45) is 0 Å². The van der Waals surface area contributed by atoms with Crippen molar-refractivity contribution in [1.82, 2.24) is 19.7 Å². The quantitative estimate of drug-likeness (QED) is 0.578. The highest BCUT2D eigenvalue weighted by Crippen LogP contribution is 2.31. The first-order valence-electron chi connectivity index (χ1n) is 8.41. The zero-order chi connectivity index (χ0) is 18.1. The monoisotopic (exact) mass is 363 g/mol. The summed E-state index contributed by atoms with van der Waals surface area (Å²) in [4.78, 5) is 8.58. The normalized spacial score (nSPS) is 12.4. The summed E-state index contributed by atoms with van der Waals surface area (Å²) in [5.41, 5.74) is 9.86. The molecule has 1 unspecified atom stereocenters. The molecule has 0 saturated heterocycles. The van der Waals surface area contributed by atoms with E-state index in [0.29, 0.717) is 17.4 Å². The van der Waals surface area contributed by atoms with Gasteiger partial charge in [0, 0.05) is 23.0 Å². The molecule has 2 N–H and O–H groups in total. The molecule has 130 valence electrons. The molecule has 4 aromatic rings. The Kier molecular flexibility index (Phi) is 4.31. The Morgan fingerprint density at radius 2 is 1.77 bits per heavy atom. The van der Waals surface area contributed by atoms with Gasteiger partial charge in [0.05, 0.1) is 5.39 Å². The van der Waals surface area contributed by atoms with E-state index in [2.05, 4.69) is 29.0 Å². The molecule has 4 rings (SSSR count). The maximum Gasteiger partial charge on any atom is 0.163 e. The van der Waals surface area contributed by atoms with Crippen LogP contribution in [0.5, 0.6) is 0 Å². The van der Waals surface area contributed by atoms with E-state index in [0.717, 1.165) is 22.3 Å². The maximum absolute atomic E-state index is 6.15. The van der Waals surface area contributed by atoms with Crippen LogP contribution >= 0.6 is 11.6 Å². The van der Waals surface area contributed by atoms with Crippen molar-refractivity contribution < 1.29 is 0 Å². The number of rotatable bonds is 4. The number of benzene rings is 2. The zero-order valence-corrected chi connectivity index (χ0v) is 15.1. The summed E-state index contributed by atoms with van der Waals surface area (Å²) < 4.78 is 1.91. The van der Waals surface area contributed by atoms with Crippen molar-refractivity contribution in [1.29, 1.82) is 0 Å². The molecule has 0 aliphatic heterocycles. The van der Waals surface area contributed by atoms with Gasteiger partial charge in [0.2, 0.25) is 0 Å². The molecule has 1 atom stereocenters.